The monoisotopic (exact) mass is 269 g/mol. The van der Waals surface area contributed by atoms with Crippen molar-refractivity contribution in [2.45, 2.75) is 6.92 Å². The Morgan fingerprint density at radius 3 is 2.73 bits per heavy atom. The van der Waals surface area contributed by atoms with E-state index in [0.717, 1.165) is 10.0 Å². The van der Waals surface area contributed by atoms with Crippen LogP contribution in [0.5, 0.6) is 0 Å². The summed E-state index contributed by atoms with van der Waals surface area (Å²) in [6.07, 6.45) is 0. The van der Waals surface area contributed by atoms with Gasteiger partial charge in [0.2, 0.25) is 0 Å². The minimum atomic E-state index is -0.514. The fraction of sp³-hybridized carbons (Fsp3) is 0.100. The highest BCUT2D eigenvalue weighted by Gasteiger charge is 2.14. The maximum atomic E-state index is 13.5. The van der Waals surface area contributed by atoms with Crippen molar-refractivity contribution in [3.8, 4) is 11.3 Å². The number of anilines is 1. The summed E-state index contributed by atoms with van der Waals surface area (Å²) in [5.41, 5.74) is 7.44. The summed E-state index contributed by atoms with van der Waals surface area (Å²) < 4.78 is 14.3. The third-order valence-electron chi connectivity index (χ3n) is 2.13. The van der Waals surface area contributed by atoms with Crippen LogP contribution in [0.25, 0.3) is 11.3 Å². The summed E-state index contributed by atoms with van der Waals surface area (Å²) in [4.78, 5) is 0. The smallest absolute Gasteiger partial charge is 0.192 e. The average molecular weight is 270 g/mol. The van der Waals surface area contributed by atoms with Crippen molar-refractivity contribution in [2.24, 2.45) is 0 Å². The van der Waals surface area contributed by atoms with Gasteiger partial charge in [-0.2, -0.15) is 5.10 Å². The molecular formula is C10H9BrFN3. The van der Waals surface area contributed by atoms with Gasteiger partial charge in [0.15, 0.2) is 11.6 Å². The van der Waals surface area contributed by atoms with E-state index in [4.69, 9.17) is 5.73 Å². The van der Waals surface area contributed by atoms with Crippen LogP contribution >= 0.6 is 15.9 Å². The Kier molecular flexibility index (Phi) is 2.48. The molecule has 5 heteroatoms. The van der Waals surface area contributed by atoms with Gasteiger partial charge < -0.3 is 5.73 Å². The molecule has 0 spiro atoms. The third-order valence-corrected chi connectivity index (χ3v) is 2.78. The standard InChI is InChI=1S/C10H9BrFN3/c1-5-2-3-6(7(11)4-5)9-8(12)10(13)15-14-9/h2-4H,1H3,(H3,13,14,15). The van der Waals surface area contributed by atoms with Crippen molar-refractivity contribution in [3.63, 3.8) is 0 Å². The highest BCUT2D eigenvalue weighted by atomic mass is 79.9. The highest BCUT2D eigenvalue weighted by Crippen LogP contribution is 2.30. The number of benzene rings is 1. The van der Waals surface area contributed by atoms with E-state index in [-0.39, 0.29) is 5.82 Å². The molecule has 1 aromatic carbocycles. The zero-order valence-corrected chi connectivity index (χ0v) is 9.60. The lowest BCUT2D eigenvalue weighted by Crippen LogP contribution is -1.88. The first-order valence-electron chi connectivity index (χ1n) is 4.35. The number of halogens is 2. The zero-order valence-electron chi connectivity index (χ0n) is 8.01. The number of hydrogen-bond donors (Lipinski definition) is 2. The quantitative estimate of drug-likeness (QED) is 0.837. The number of aryl methyl sites for hydroxylation is 1. The zero-order chi connectivity index (χ0) is 11.0. The molecule has 0 amide bonds. The van der Waals surface area contributed by atoms with Crippen molar-refractivity contribution < 1.29 is 4.39 Å². The van der Waals surface area contributed by atoms with Crippen LogP contribution in [0.4, 0.5) is 10.2 Å². The van der Waals surface area contributed by atoms with E-state index in [0.29, 0.717) is 11.3 Å². The molecule has 0 fully saturated rings. The van der Waals surface area contributed by atoms with Gasteiger partial charge in [-0.25, -0.2) is 4.39 Å². The number of rotatable bonds is 1. The third kappa shape index (κ3) is 1.74. The summed E-state index contributed by atoms with van der Waals surface area (Å²) in [7, 11) is 0. The molecule has 0 aliphatic carbocycles. The number of nitrogen functional groups attached to an aromatic ring is 1. The fourth-order valence-corrected chi connectivity index (χ4v) is 2.04. The molecule has 78 valence electrons. The number of nitrogens with one attached hydrogen (secondary N) is 1. The Labute approximate surface area is 94.6 Å². The molecular weight excluding hydrogens is 261 g/mol. The van der Waals surface area contributed by atoms with Gasteiger partial charge in [0.25, 0.3) is 0 Å². The SMILES string of the molecule is Cc1ccc(-c2[nH]nc(N)c2F)c(Br)c1. The van der Waals surface area contributed by atoms with Crippen molar-refractivity contribution in [3.05, 3.63) is 34.1 Å². The molecule has 0 radical (unpaired) electrons. The first kappa shape index (κ1) is 10.2. The summed E-state index contributed by atoms with van der Waals surface area (Å²) in [6.45, 7) is 1.96. The molecule has 3 N–H and O–H groups in total. The van der Waals surface area contributed by atoms with Crippen molar-refractivity contribution in [1.29, 1.82) is 0 Å². The Morgan fingerprint density at radius 2 is 2.20 bits per heavy atom. The first-order valence-corrected chi connectivity index (χ1v) is 5.14. The molecule has 1 heterocycles. The van der Waals surface area contributed by atoms with E-state index in [1.54, 1.807) is 0 Å². The maximum absolute atomic E-state index is 13.5. The van der Waals surface area contributed by atoms with E-state index < -0.39 is 5.82 Å². The van der Waals surface area contributed by atoms with Crippen LogP contribution in [0.15, 0.2) is 22.7 Å². The maximum Gasteiger partial charge on any atom is 0.192 e. The average Bonchev–Trinajstić information content (AvgIpc) is 2.49. The number of H-pyrrole nitrogens is 1. The minimum Gasteiger partial charge on any atom is -0.380 e. The molecule has 0 aliphatic rings. The molecule has 15 heavy (non-hydrogen) atoms. The lowest BCUT2D eigenvalue weighted by Gasteiger charge is -2.02. The number of aromatic nitrogens is 2. The van der Waals surface area contributed by atoms with Crippen LogP contribution in [0.2, 0.25) is 0 Å². The van der Waals surface area contributed by atoms with Gasteiger partial charge >= 0.3 is 0 Å². The lowest BCUT2D eigenvalue weighted by atomic mass is 10.1. The van der Waals surface area contributed by atoms with E-state index in [1.165, 1.54) is 0 Å². The second-order valence-corrected chi connectivity index (χ2v) is 4.14. The van der Waals surface area contributed by atoms with Gasteiger partial charge in [-0.15, -0.1) is 0 Å². The molecule has 0 saturated heterocycles. The number of aromatic amines is 1. The summed E-state index contributed by atoms with van der Waals surface area (Å²) in [5.74, 6) is -0.628. The summed E-state index contributed by atoms with van der Waals surface area (Å²) >= 11 is 3.37. The van der Waals surface area contributed by atoms with Crippen molar-refractivity contribution >= 4 is 21.7 Å². The lowest BCUT2D eigenvalue weighted by molar-refractivity contribution is 0.636. The van der Waals surface area contributed by atoms with Crippen LogP contribution in [-0.2, 0) is 0 Å². The molecule has 0 unspecified atom stereocenters. The topological polar surface area (TPSA) is 54.7 Å². The number of hydrogen-bond acceptors (Lipinski definition) is 2. The molecule has 0 bridgehead atoms. The van der Waals surface area contributed by atoms with Crippen LogP contribution in [0, 0.1) is 12.7 Å². The summed E-state index contributed by atoms with van der Waals surface area (Å²) in [6, 6.07) is 5.62. The molecule has 3 nitrogen and oxygen atoms in total. The second kappa shape index (κ2) is 3.66. The van der Waals surface area contributed by atoms with Crippen LogP contribution in [-0.4, -0.2) is 10.2 Å². The van der Waals surface area contributed by atoms with E-state index in [9.17, 15) is 4.39 Å². The largest absolute Gasteiger partial charge is 0.380 e. The predicted molar refractivity (Wildman–Crippen MR) is 60.8 cm³/mol. The van der Waals surface area contributed by atoms with E-state index >= 15 is 0 Å². The van der Waals surface area contributed by atoms with Gasteiger partial charge in [-0.1, -0.05) is 28.1 Å². The number of nitrogens with two attached hydrogens (primary N) is 1. The Hall–Kier alpha value is -1.36. The Bertz CT molecular complexity index is 507. The molecule has 2 rings (SSSR count). The van der Waals surface area contributed by atoms with Crippen LogP contribution in [0.3, 0.4) is 0 Å². The minimum absolute atomic E-state index is 0.113. The highest BCUT2D eigenvalue weighted by molar-refractivity contribution is 9.10. The van der Waals surface area contributed by atoms with Crippen molar-refractivity contribution in [1.82, 2.24) is 10.2 Å². The number of nitrogens with zero attached hydrogens (tertiary/aromatic N) is 1. The Balaban J connectivity index is 2.59. The van der Waals surface area contributed by atoms with Gasteiger partial charge in [0, 0.05) is 10.0 Å². The molecule has 2 aromatic rings. The first-order chi connectivity index (χ1) is 7.09. The van der Waals surface area contributed by atoms with Gasteiger partial charge in [0.05, 0.1) is 0 Å². The normalized spacial score (nSPS) is 10.6. The Morgan fingerprint density at radius 1 is 1.47 bits per heavy atom. The van der Waals surface area contributed by atoms with Crippen LogP contribution in [0.1, 0.15) is 5.56 Å². The summed E-state index contributed by atoms with van der Waals surface area (Å²) in [5, 5.41) is 6.18. The van der Waals surface area contributed by atoms with E-state index in [2.05, 4.69) is 26.1 Å². The van der Waals surface area contributed by atoms with E-state index in [1.807, 2.05) is 25.1 Å². The molecule has 1 aromatic heterocycles. The van der Waals surface area contributed by atoms with Gasteiger partial charge in [-0.3, -0.25) is 5.10 Å². The van der Waals surface area contributed by atoms with Crippen molar-refractivity contribution in [2.75, 3.05) is 5.73 Å². The second-order valence-electron chi connectivity index (χ2n) is 3.28. The molecule has 0 aliphatic heterocycles. The van der Waals surface area contributed by atoms with Gasteiger partial charge in [-0.05, 0) is 18.6 Å². The van der Waals surface area contributed by atoms with Gasteiger partial charge in [0.1, 0.15) is 5.69 Å². The molecule has 0 atom stereocenters. The molecule has 0 saturated carbocycles. The van der Waals surface area contributed by atoms with Crippen LogP contribution < -0.4 is 5.73 Å². The fourth-order valence-electron chi connectivity index (χ4n) is 1.34. The predicted octanol–water partition coefficient (Wildman–Crippen LogP) is 2.87.